The smallest absolute Gasteiger partial charge is 0.367 e. The highest BCUT2D eigenvalue weighted by Gasteiger charge is 2.14. The highest BCUT2D eigenvalue weighted by molar-refractivity contribution is 7.11. The molecule has 0 bridgehead atoms. The van der Waals surface area contributed by atoms with Gasteiger partial charge in [0.1, 0.15) is 0 Å². The molecule has 0 saturated heterocycles. The SMILES string of the molecule is CCOC(=O)c1nc(CN(CC)CCC(=O)OC)cs1. The molecule has 0 aliphatic carbocycles. The van der Waals surface area contributed by atoms with Gasteiger partial charge in [0.15, 0.2) is 0 Å². The van der Waals surface area contributed by atoms with E-state index in [4.69, 9.17) is 4.74 Å². The van der Waals surface area contributed by atoms with Crippen molar-refractivity contribution in [3.63, 3.8) is 0 Å². The fraction of sp³-hybridized carbons (Fsp3) is 0.615. The number of carbonyl (C=O) groups is 2. The van der Waals surface area contributed by atoms with Crippen molar-refractivity contribution in [1.29, 1.82) is 0 Å². The molecule has 0 saturated carbocycles. The highest BCUT2D eigenvalue weighted by Crippen LogP contribution is 2.13. The summed E-state index contributed by atoms with van der Waals surface area (Å²) in [6.45, 7) is 6.12. The molecule has 0 aliphatic heterocycles. The minimum atomic E-state index is -0.388. The van der Waals surface area contributed by atoms with Gasteiger partial charge in [-0.25, -0.2) is 9.78 Å². The third-order valence-electron chi connectivity index (χ3n) is 2.69. The van der Waals surface area contributed by atoms with Crippen molar-refractivity contribution in [3.8, 4) is 0 Å². The summed E-state index contributed by atoms with van der Waals surface area (Å²) in [7, 11) is 1.38. The molecule has 1 rings (SSSR count). The molecule has 0 N–H and O–H groups in total. The van der Waals surface area contributed by atoms with Crippen molar-refractivity contribution in [2.45, 2.75) is 26.8 Å². The van der Waals surface area contributed by atoms with Crippen LogP contribution in [0.15, 0.2) is 5.38 Å². The first-order valence-electron chi connectivity index (χ1n) is 6.51. The summed E-state index contributed by atoms with van der Waals surface area (Å²) in [5, 5.41) is 2.21. The first-order valence-corrected chi connectivity index (χ1v) is 7.39. The van der Waals surface area contributed by atoms with Crippen LogP contribution in [0.5, 0.6) is 0 Å². The number of aromatic nitrogens is 1. The summed E-state index contributed by atoms with van der Waals surface area (Å²) in [4.78, 5) is 29.0. The molecule has 0 spiro atoms. The average molecular weight is 300 g/mol. The lowest BCUT2D eigenvalue weighted by atomic mass is 10.3. The third-order valence-corrected chi connectivity index (χ3v) is 3.57. The molecule has 6 nitrogen and oxygen atoms in total. The lowest BCUT2D eigenvalue weighted by molar-refractivity contribution is -0.141. The largest absolute Gasteiger partial charge is 0.469 e. The molecular weight excluding hydrogens is 280 g/mol. The van der Waals surface area contributed by atoms with Crippen LogP contribution in [0, 0.1) is 0 Å². The van der Waals surface area contributed by atoms with Crippen LogP contribution >= 0.6 is 11.3 Å². The van der Waals surface area contributed by atoms with Gasteiger partial charge >= 0.3 is 11.9 Å². The summed E-state index contributed by atoms with van der Waals surface area (Å²) in [5.41, 5.74) is 0.810. The molecule has 0 radical (unpaired) electrons. The van der Waals surface area contributed by atoms with Gasteiger partial charge in [0.2, 0.25) is 5.01 Å². The molecule has 0 amide bonds. The maximum atomic E-state index is 11.5. The van der Waals surface area contributed by atoms with Crippen LogP contribution in [-0.2, 0) is 20.8 Å². The van der Waals surface area contributed by atoms with Crippen LogP contribution in [-0.4, -0.2) is 48.6 Å². The van der Waals surface area contributed by atoms with Crippen LogP contribution in [0.4, 0.5) is 0 Å². The van der Waals surface area contributed by atoms with Crippen molar-refractivity contribution in [2.24, 2.45) is 0 Å². The molecule has 112 valence electrons. The predicted octanol–water partition coefficient (Wildman–Crippen LogP) is 1.70. The first kappa shape index (κ1) is 16.6. The predicted molar refractivity (Wildman–Crippen MR) is 75.7 cm³/mol. The Kier molecular flexibility index (Phi) is 7.17. The summed E-state index contributed by atoms with van der Waals surface area (Å²) >= 11 is 1.28. The summed E-state index contributed by atoms with van der Waals surface area (Å²) in [6, 6.07) is 0. The highest BCUT2D eigenvalue weighted by atomic mass is 32.1. The number of nitrogens with zero attached hydrogens (tertiary/aromatic N) is 2. The van der Waals surface area contributed by atoms with Crippen molar-refractivity contribution < 1.29 is 19.1 Å². The second-order valence-corrected chi connectivity index (χ2v) is 4.92. The van der Waals surface area contributed by atoms with Crippen LogP contribution in [0.1, 0.15) is 35.8 Å². The van der Waals surface area contributed by atoms with E-state index in [0.29, 0.717) is 31.1 Å². The van der Waals surface area contributed by atoms with Gasteiger partial charge in [-0.05, 0) is 13.5 Å². The van der Waals surface area contributed by atoms with Crippen LogP contribution in [0.3, 0.4) is 0 Å². The molecule has 0 atom stereocenters. The fourth-order valence-corrected chi connectivity index (χ4v) is 2.30. The number of ether oxygens (including phenoxy) is 2. The number of carbonyl (C=O) groups excluding carboxylic acids is 2. The third kappa shape index (κ3) is 5.26. The number of thiazole rings is 1. The quantitative estimate of drug-likeness (QED) is 0.681. The van der Waals surface area contributed by atoms with Gasteiger partial charge < -0.3 is 9.47 Å². The Balaban J connectivity index is 2.53. The van der Waals surface area contributed by atoms with E-state index in [0.717, 1.165) is 12.2 Å². The van der Waals surface area contributed by atoms with Gasteiger partial charge in [0, 0.05) is 18.5 Å². The number of hydrogen-bond donors (Lipinski definition) is 0. The molecule has 0 aromatic carbocycles. The van der Waals surface area contributed by atoms with E-state index in [2.05, 4.69) is 14.6 Å². The summed E-state index contributed by atoms with van der Waals surface area (Å²) < 4.78 is 9.52. The minimum Gasteiger partial charge on any atom is -0.469 e. The maximum absolute atomic E-state index is 11.5. The lowest BCUT2D eigenvalue weighted by Gasteiger charge is -2.18. The fourth-order valence-electron chi connectivity index (χ4n) is 1.60. The Bertz CT molecular complexity index is 447. The van der Waals surface area contributed by atoms with E-state index in [9.17, 15) is 9.59 Å². The van der Waals surface area contributed by atoms with Crippen LogP contribution in [0.2, 0.25) is 0 Å². The molecule has 0 unspecified atom stereocenters. The van der Waals surface area contributed by atoms with Gasteiger partial charge in [-0.1, -0.05) is 6.92 Å². The summed E-state index contributed by atoms with van der Waals surface area (Å²) in [6.07, 6.45) is 0.346. The van der Waals surface area contributed by atoms with Crippen molar-refractivity contribution in [2.75, 3.05) is 26.8 Å². The van der Waals surface area contributed by atoms with Gasteiger partial charge in [-0.3, -0.25) is 9.69 Å². The van der Waals surface area contributed by atoms with Gasteiger partial charge in [0.25, 0.3) is 0 Å². The molecular formula is C13H20N2O4S. The molecule has 1 aromatic heterocycles. The van der Waals surface area contributed by atoms with Gasteiger partial charge in [0.05, 0.1) is 25.8 Å². The van der Waals surface area contributed by atoms with Crippen LogP contribution in [0.25, 0.3) is 0 Å². The van der Waals surface area contributed by atoms with E-state index in [1.54, 1.807) is 6.92 Å². The monoisotopic (exact) mass is 300 g/mol. The molecule has 0 aliphatic rings. The Hall–Kier alpha value is -1.47. The summed E-state index contributed by atoms with van der Waals surface area (Å²) in [5.74, 6) is -0.615. The molecule has 20 heavy (non-hydrogen) atoms. The number of rotatable bonds is 8. The van der Waals surface area contributed by atoms with E-state index in [1.807, 2.05) is 12.3 Å². The first-order chi connectivity index (χ1) is 9.60. The van der Waals surface area contributed by atoms with E-state index in [-0.39, 0.29) is 11.9 Å². The standard InChI is InChI=1S/C13H20N2O4S/c1-4-15(7-6-11(16)18-3)8-10-9-20-12(14-10)13(17)19-5-2/h9H,4-8H2,1-3H3. The Morgan fingerprint density at radius 2 is 2.15 bits per heavy atom. The van der Waals surface area contributed by atoms with Crippen molar-refractivity contribution >= 4 is 23.3 Å². The van der Waals surface area contributed by atoms with E-state index in [1.165, 1.54) is 18.4 Å². The number of methoxy groups -OCH3 is 1. The van der Waals surface area contributed by atoms with Crippen LogP contribution < -0.4 is 0 Å². The zero-order valence-corrected chi connectivity index (χ0v) is 12.9. The van der Waals surface area contributed by atoms with Gasteiger partial charge in [-0.15, -0.1) is 11.3 Å². The zero-order valence-electron chi connectivity index (χ0n) is 12.0. The number of hydrogen-bond acceptors (Lipinski definition) is 7. The molecule has 0 fully saturated rings. The zero-order chi connectivity index (χ0) is 15.0. The normalized spacial score (nSPS) is 10.6. The Morgan fingerprint density at radius 3 is 2.75 bits per heavy atom. The number of esters is 2. The van der Waals surface area contributed by atoms with E-state index < -0.39 is 0 Å². The Morgan fingerprint density at radius 1 is 1.40 bits per heavy atom. The molecule has 1 heterocycles. The molecule has 1 aromatic rings. The maximum Gasteiger partial charge on any atom is 0.367 e. The second kappa shape index (κ2) is 8.65. The Labute approximate surface area is 122 Å². The minimum absolute atomic E-state index is 0.228. The second-order valence-electron chi connectivity index (χ2n) is 4.06. The van der Waals surface area contributed by atoms with Gasteiger partial charge in [-0.2, -0.15) is 0 Å². The average Bonchev–Trinajstić information content (AvgIpc) is 2.91. The van der Waals surface area contributed by atoms with Crippen molar-refractivity contribution in [1.82, 2.24) is 9.88 Å². The van der Waals surface area contributed by atoms with E-state index >= 15 is 0 Å². The molecule has 7 heteroatoms. The lowest BCUT2D eigenvalue weighted by Crippen LogP contribution is -2.26. The van der Waals surface area contributed by atoms with Crippen molar-refractivity contribution in [3.05, 3.63) is 16.1 Å². The topological polar surface area (TPSA) is 68.7 Å².